The Morgan fingerprint density at radius 2 is 2.09 bits per heavy atom. The number of carbonyl (C=O) groups is 1. The molecule has 0 saturated carbocycles. The van der Waals surface area contributed by atoms with Gasteiger partial charge in [-0.1, -0.05) is 36.4 Å². The van der Waals surface area contributed by atoms with Gasteiger partial charge in [-0.2, -0.15) is 0 Å². The number of piperidine rings is 1. The van der Waals surface area contributed by atoms with E-state index in [-0.39, 0.29) is 17.9 Å². The van der Waals surface area contributed by atoms with Gasteiger partial charge >= 0.3 is 0 Å². The minimum Gasteiger partial charge on any atom is -0.348 e. The number of hydrogen-bond acceptors (Lipinski definition) is 3. The minimum atomic E-state index is -0.126. The maximum Gasteiger partial charge on any atom is 0.224 e. The minimum absolute atomic E-state index is 0.0586. The van der Waals surface area contributed by atoms with Crippen molar-refractivity contribution in [1.82, 2.24) is 10.6 Å². The SMILES string of the molecule is NCC(NC(=O)C1CCCNC1)c1ccc2ccccc2c1. The summed E-state index contributed by atoms with van der Waals surface area (Å²) in [6, 6.07) is 14.4. The molecule has 1 saturated heterocycles. The monoisotopic (exact) mass is 297 g/mol. The number of rotatable bonds is 4. The highest BCUT2D eigenvalue weighted by Crippen LogP contribution is 2.21. The normalized spacial score (nSPS) is 19.8. The van der Waals surface area contributed by atoms with E-state index in [1.165, 1.54) is 10.8 Å². The highest BCUT2D eigenvalue weighted by atomic mass is 16.2. The summed E-state index contributed by atoms with van der Waals surface area (Å²) in [4.78, 5) is 12.4. The Hall–Kier alpha value is -1.91. The molecule has 1 heterocycles. The molecule has 1 aliphatic rings. The van der Waals surface area contributed by atoms with Crippen molar-refractivity contribution in [2.24, 2.45) is 11.7 Å². The first-order valence-corrected chi connectivity index (χ1v) is 7.98. The van der Waals surface area contributed by atoms with Crippen LogP contribution < -0.4 is 16.4 Å². The van der Waals surface area contributed by atoms with E-state index in [1.807, 2.05) is 12.1 Å². The van der Waals surface area contributed by atoms with Crippen LogP contribution in [0.15, 0.2) is 42.5 Å². The molecule has 4 heteroatoms. The Balaban J connectivity index is 1.75. The molecule has 0 bridgehead atoms. The molecule has 2 atom stereocenters. The summed E-state index contributed by atoms with van der Waals surface area (Å²) < 4.78 is 0. The summed E-state index contributed by atoms with van der Waals surface area (Å²) in [5, 5.41) is 8.76. The Bertz CT molecular complexity index is 650. The van der Waals surface area contributed by atoms with Gasteiger partial charge in [-0.3, -0.25) is 4.79 Å². The second-order valence-corrected chi connectivity index (χ2v) is 5.95. The summed E-state index contributed by atoms with van der Waals surface area (Å²) in [6.07, 6.45) is 2.01. The molecule has 22 heavy (non-hydrogen) atoms. The third-order valence-corrected chi connectivity index (χ3v) is 4.40. The van der Waals surface area contributed by atoms with Crippen LogP contribution in [0.5, 0.6) is 0 Å². The molecule has 2 unspecified atom stereocenters. The Morgan fingerprint density at radius 1 is 1.27 bits per heavy atom. The number of nitrogens with two attached hydrogens (primary N) is 1. The second kappa shape index (κ2) is 6.90. The summed E-state index contributed by atoms with van der Waals surface area (Å²) in [5.41, 5.74) is 6.96. The fourth-order valence-electron chi connectivity index (χ4n) is 3.07. The molecule has 2 aromatic rings. The van der Waals surface area contributed by atoms with E-state index >= 15 is 0 Å². The number of amides is 1. The maximum atomic E-state index is 12.4. The van der Waals surface area contributed by atoms with Crippen molar-refractivity contribution in [3.63, 3.8) is 0 Å². The largest absolute Gasteiger partial charge is 0.348 e. The molecular formula is C18H23N3O. The van der Waals surface area contributed by atoms with Crippen LogP contribution in [0.2, 0.25) is 0 Å². The molecule has 1 amide bonds. The van der Waals surface area contributed by atoms with Gasteiger partial charge in [0.1, 0.15) is 0 Å². The predicted octanol–water partition coefficient (Wildman–Crippen LogP) is 1.96. The van der Waals surface area contributed by atoms with Crippen LogP contribution in [0.3, 0.4) is 0 Å². The van der Waals surface area contributed by atoms with Gasteiger partial charge in [0.2, 0.25) is 5.91 Å². The zero-order valence-electron chi connectivity index (χ0n) is 12.7. The zero-order chi connectivity index (χ0) is 15.4. The van der Waals surface area contributed by atoms with E-state index in [1.54, 1.807) is 0 Å². The second-order valence-electron chi connectivity index (χ2n) is 5.95. The van der Waals surface area contributed by atoms with E-state index in [4.69, 9.17) is 5.73 Å². The topological polar surface area (TPSA) is 67.1 Å². The summed E-state index contributed by atoms with van der Waals surface area (Å²) in [7, 11) is 0. The number of carbonyl (C=O) groups excluding carboxylic acids is 1. The molecule has 4 nitrogen and oxygen atoms in total. The quantitative estimate of drug-likeness (QED) is 0.808. The van der Waals surface area contributed by atoms with Gasteiger partial charge < -0.3 is 16.4 Å². The van der Waals surface area contributed by atoms with E-state index in [9.17, 15) is 4.79 Å². The fraction of sp³-hybridized carbons (Fsp3) is 0.389. The zero-order valence-corrected chi connectivity index (χ0v) is 12.7. The summed E-state index contributed by atoms with van der Waals surface area (Å²) >= 11 is 0. The van der Waals surface area contributed by atoms with E-state index < -0.39 is 0 Å². The van der Waals surface area contributed by atoms with Gasteiger partial charge in [0, 0.05) is 13.1 Å². The van der Waals surface area contributed by atoms with Crippen LogP contribution in [0, 0.1) is 5.92 Å². The molecule has 3 rings (SSSR count). The van der Waals surface area contributed by atoms with E-state index in [0.29, 0.717) is 6.54 Å². The Labute approximate surface area is 131 Å². The van der Waals surface area contributed by atoms with Crippen LogP contribution >= 0.6 is 0 Å². The molecule has 0 aliphatic carbocycles. The average Bonchev–Trinajstić information content (AvgIpc) is 2.59. The van der Waals surface area contributed by atoms with Crippen molar-refractivity contribution in [3.05, 3.63) is 48.0 Å². The van der Waals surface area contributed by atoms with Crippen molar-refractivity contribution < 1.29 is 4.79 Å². The number of nitrogens with one attached hydrogen (secondary N) is 2. The van der Waals surface area contributed by atoms with Crippen molar-refractivity contribution >= 4 is 16.7 Å². The van der Waals surface area contributed by atoms with Gasteiger partial charge in [0.05, 0.1) is 12.0 Å². The molecule has 2 aromatic carbocycles. The van der Waals surface area contributed by atoms with Crippen LogP contribution in [0.4, 0.5) is 0 Å². The fourth-order valence-corrected chi connectivity index (χ4v) is 3.07. The molecule has 1 aliphatic heterocycles. The molecule has 0 spiro atoms. The van der Waals surface area contributed by atoms with Gasteiger partial charge in [-0.05, 0) is 41.8 Å². The first-order chi connectivity index (χ1) is 10.8. The molecule has 4 N–H and O–H groups in total. The van der Waals surface area contributed by atoms with Gasteiger partial charge in [-0.15, -0.1) is 0 Å². The molecule has 0 radical (unpaired) electrons. The third-order valence-electron chi connectivity index (χ3n) is 4.40. The molecule has 1 fully saturated rings. The van der Waals surface area contributed by atoms with Crippen molar-refractivity contribution in [3.8, 4) is 0 Å². The standard InChI is InChI=1S/C18H23N3O/c19-11-17(21-18(22)16-6-3-9-20-12-16)15-8-7-13-4-1-2-5-14(13)10-15/h1-2,4-5,7-8,10,16-17,20H,3,6,9,11-12,19H2,(H,21,22). The Kier molecular flexibility index (Phi) is 4.71. The number of hydrogen-bond donors (Lipinski definition) is 3. The van der Waals surface area contributed by atoms with Gasteiger partial charge in [-0.25, -0.2) is 0 Å². The number of fused-ring (bicyclic) bond motifs is 1. The summed E-state index contributed by atoms with van der Waals surface area (Å²) in [6.45, 7) is 2.18. The van der Waals surface area contributed by atoms with Crippen molar-refractivity contribution in [2.75, 3.05) is 19.6 Å². The predicted molar refractivity (Wildman–Crippen MR) is 89.5 cm³/mol. The lowest BCUT2D eigenvalue weighted by Crippen LogP contribution is -2.43. The van der Waals surface area contributed by atoms with E-state index in [0.717, 1.165) is 31.5 Å². The van der Waals surface area contributed by atoms with Crippen LogP contribution in [0.25, 0.3) is 10.8 Å². The highest BCUT2D eigenvalue weighted by Gasteiger charge is 2.23. The molecule has 0 aromatic heterocycles. The Morgan fingerprint density at radius 3 is 2.82 bits per heavy atom. The van der Waals surface area contributed by atoms with Gasteiger partial charge in [0.15, 0.2) is 0 Å². The van der Waals surface area contributed by atoms with E-state index in [2.05, 4.69) is 41.0 Å². The average molecular weight is 297 g/mol. The highest BCUT2D eigenvalue weighted by molar-refractivity contribution is 5.84. The van der Waals surface area contributed by atoms with Crippen LogP contribution in [-0.2, 0) is 4.79 Å². The maximum absolute atomic E-state index is 12.4. The van der Waals surface area contributed by atoms with Crippen molar-refractivity contribution in [2.45, 2.75) is 18.9 Å². The van der Waals surface area contributed by atoms with Gasteiger partial charge in [0.25, 0.3) is 0 Å². The number of benzene rings is 2. The molecular weight excluding hydrogens is 274 g/mol. The lowest BCUT2D eigenvalue weighted by Gasteiger charge is -2.25. The lowest BCUT2D eigenvalue weighted by molar-refractivity contribution is -0.126. The summed E-state index contributed by atoms with van der Waals surface area (Å²) in [5.74, 6) is 0.166. The molecule has 116 valence electrons. The van der Waals surface area contributed by atoms with Crippen molar-refractivity contribution in [1.29, 1.82) is 0 Å². The first kappa shape index (κ1) is 15.0. The smallest absolute Gasteiger partial charge is 0.224 e. The van der Waals surface area contributed by atoms with Crippen LogP contribution in [0.1, 0.15) is 24.4 Å². The first-order valence-electron chi connectivity index (χ1n) is 7.98. The van der Waals surface area contributed by atoms with Crippen LogP contribution in [-0.4, -0.2) is 25.5 Å². The lowest BCUT2D eigenvalue weighted by atomic mass is 9.97. The third kappa shape index (κ3) is 3.29.